The van der Waals surface area contributed by atoms with Crippen molar-refractivity contribution in [1.82, 2.24) is 9.55 Å². The molecule has 0 spiro atoms. The number of aromatic nitrogens is 2. The summed E-state index contributed by atoms with van der Waals surface area (Å²) in [6.07, 6.45) is -4.69. The summed E-state index contributed by atoms with van der Waals surface area (Å²) in [5.41, 5.74) is 0.582. The van der Waals surface area contributed by atoms with E-state index in [-0.39, 0.29) is 17.2 Å². The van der Waals surface area contributed by atoms with Crippen LogP contribution in [0.5, 0.6) is 0 Å². The van der Waals surface area contributed by atoms with Crippen molar-refractivity contribution in [2.45, 2.75) is 50.9 Å². The van der Waals surface area contributed by atoms with Gasteiger partial charge in [-0.3, -0.25) is 4.74 Å². The number of rotatable bonds is 5. The molecular formula is C16H21F3N2O3S. The van der Waals surface area contributed by atoms with Crippen LogP contribution in [0, 0.1) is 0 Å². The van der Waals surface area contributed by atoms with Crippen molar-refractivity contribution in [3.05, 3.63) is 24.0 Å². The number of halogens is 3. The molecule has 2 aromatic rings. The van der Waals surface area contributed by atoms with Gasteiger partial charge in [0.05, 0.1) is 28.3 Å². The third-order valence-electron chi connectivity index (χ3n) is 3.71. The van der Waals surface area contributed by atoms with Gasteiger partial charge in [-0.05, 0) is 18.2 Å². The molecule has 140 valence electrons. The minimum atomic E-state index is -4.69. The first kappa shape index (κ1) is 19.7. The van der Waals surface area contributed by atoms with Crippen LogP contribution in [-0.4, -0.2) is 36.7 Å². The molecule has 1 heterocycles. The monoisotopic (exact) mass is 378 g/mol. The molecule has 0 N–H and O–H groups in total. The Balaban J connectivity index is 2.51. The molecule has 0 aliphatic carbocycles. The number of ether oxygens (including phenoxy) is 1. The van der Waals surface area contributed by atoms with Crippen LogP contribution in [0.2, 0.25) is 0 Å². The van der Waals surface area contributed by atoms with Gasteiger partial charge in [0.2, 0.25) is 0 Å². The van der Waals surface area contributed by atoms with Crippen molar-refractivity contribution in [1.29, 1.82) is 0 Å². The Bertz CT molecular complexity index is 865. The molecule has 0 aliphatic heterocycles. The van der Waals surface area contributed by atoms with E-state index in [0.29, 0.717) is 16.9 Å². The molecule has 5 nitrogen and oxygen atoms in total. The second-order valence-corrected chi connectivity index (χ2v) is 8.96. The predicted octanol–water partition coefficient (Wildman–Crippen LogP) is 3.66. The fourth-order valence-electron chi connectivity index (χ4n) is 2.52. The molecule has 25 heavy (non-hydrogen) atoms. The van der Waals surface area contributed by atoms with Gasteiger partial charge in [0.25, 0.3) is 0 Å². The van der Waals surface area contributed by atoms with E-state index in [1.807, 2.05) is 20.8 Å². The summed E-state index contributed by atoms with van der Waals surface area (Å²) in [4.78, 5) is 4.62. The van der Waals surface area contributed by atoms with E-state index in [1.165, 1.54) is 12.1 Å². The van der Waals surface area contributed by atoms with E-state index >= 15 is 0 Å². The van der Waals surface area contributed by atoms with Gasteiger partial charge in [-0.1, -0.05) is 27.7 Å². The third-order valence-corrected chi connectivity index (χ3v) is 5.44. The van der Waals surface area contributed by atoms with Gasteiger partial charge in [-0.2, -0.15) is 0 Å². The smallest absolute Gasteiger partial charge is 0.325 e. The largest absolute Gasteiger partial charge is 0.522 e. The van der Waals surface area contributed by atoms with E-state index < -0.39 is 28.2 Å². The number of imidazole rings is 1. The molecule has 0 saturated carbocycles. The molecule has 0 saturated heterocycles. The fraction of sp³-hybridized carbons (Fsp3) is 0.562. The molecule has 0 aliphatic rings. The highest BCUT2D eigenvalue weighted by molar-refractivity contribution is 7.91. The summed E-state index contributed by atoms with van der Waals surface area (Å²) in [7, 11) is -3.39. The number of fused-ring (bicyclic) bond motifs is 1. The zero-order valence-electron chi connectivity index (χ0n) is 14.5. The van der Waals surface area contributed by atoms with E-state index in [0.717, 1.165) is 0 Å². The van der Waals surface area contributed by atoms with Crippen LogP contribution in [0.25, 0.3) is 11.0 Å². The Labute approximate surface area is 144 Å². The van der Waals surface area contributed by atoms with Gasteiger partial charge in [0.15, 0.2) is 9.84 Å². The molecule has 0 fully saturated rings. The Morgan fingerprint density at radius 1 is 1.20 bits per heavy atom. The normalized spacial score (nSPS) is 13.6. The number of alkyl halides is 3. The second kappa shape index (κ2) is 6.60. The van der Waals surface area contributed by atoms with Gasteiger partial charge >= 0.3 is 6.36 Å². The first-order valence-corrected chi connectivity index (χ1v) is 9.44. The lowest BCUT2D eigenvalue weighted by Gasteiger charge is -2.20. The maximum absolute atomic E-state index is 12.2. The van der Waals surface area contributed by atoms with E-state index in [2.05, 4.69) is 9.72 Å². The number of sulfone groups is 1. The van der Waals surface area contributed by atoms with Crippen LogP contribution >= 0.6 is 0 Å². The number of hydrogen-bond donors (Lipinski definition) is 0. The lowest BCUT2D eigenvalue weighted by molar-refractivity contribution is -0.325. The van der Waals surface area contributed by atoms with Crippen molar-refractivity contribution in [2.75, 3.05) is 12.4 Å². The fourth-order valence-corrected chi connectivity index (χ4v) is 3.42. The van der Waals surface area contributed by atoms with Crippen LogP contribution in [0.4, 0.5) is 13.2 Å². The van der Waals surface area contributed by atoms with Crippen LogP contribution in [-0.2, 0) is 26.5 Å². The maximum Gasteiger partial charge on any atom is 0.522 e. The first-order valence-electron chi connectivity index (χ1n) is 7.79. The minimum absolute atomic E-state index is 0.0369. The Morgan fingerprint density at radius 3 is 2.36 bits per heavy atom. The van der Waals surface area contributed by atoms with E-state index in [9.17, 15) is 21.6 Å². The summed E-state index contributed by atoms with van der Waals surface area (Å²) in [6.45, 7) is 6.62. The molecule has 1 aromatic carbocycles. The standard InChI is InChI=1S/C16H21F3N2O3S/c1-5-25(22,23)11-6-7-13-12(10-11)20-14(15(2,3)4)21(13)8-9-24-16(17,18)19/h6-7,10H,5,8-9H2,1-4H3. The average molecular weight is 378 g/mol. The Hall–Kier alpha value is -1.61. The van der Waals surface area contributed by atoms with Gasteiger partial charge in [-0.15, -0.1) is 13.2 Å². The minimum Gasteiger partial charge on any atom is -0.325 e. The van der Waals surface area contributed by atoms with Crippen LogP contribution in [0.15, 0.2) is 23.1 Å². The Kier molecular flexibility index (Phi) is 5.21. The van der Waals surface area contributed by atoms with Crippen molar-refractivity contribution < 1.29 is 26.3 Å². The zero-order valence-corrected chi connectivity index (χ0v) is 15.3. The molecule has 0 unspecified atom stereocenters. The average Bonchev–Trinajstić information content (AvgIpc) is 2.84. The highest BCUT2D eigenvalue weighted by atomic mass is 32.2. The van der Waals surface area contributed by atoms with Crippen molar-refractivity contribution in [3.63, 3.8) is 0 Å². The van der Waals surface area contributed by atoms with Crippen molar-refractivity contribution in [3.8, 4) is 0 Å². The Morgan fingerprint density at radius 2 is 1.84 bits per heavy atom. The van der Waals surface area contributed by atoms with Gasteiger partial charge < -0.3 is 4.57 Å². The lowest BCUT2D eigenvalue weighted by Crippen LogP contribution is -2.22. The van der Waals surface area contributed by atoms with Gasteiger partial charge in [-0.25, -0.2) is 13.4 Å². The molecule has 0 bridgehead atoms. The number of benzene rings is 1. The summed E-state index contributed by atoms with van der Waals surface area (Å²) >= 11 is 0. The highest BCUT2D eigenvalue weighted by Crippen LogP contribution is 2.28. The second-order valence-electron chi connectivity index (χ2n) is 6.69. The number of hydrogen-bond acceptors (Lipinski definition) is 4. The topological polar surface area (TPSA) is 61.2 Å². The van der Waals surface area contributed by atoms with Gasteiger partial charge in [0, 0.05) is 12.0 Å². The SMILES string of the molecule is CCS(=O)(=O)c1ccc2c(c1)nc(C(C)(C)C)n2CCOC(F)(F)F. The molecular weight excluding hydrogens is 357 g/mol. The summed E-state index contributed by atoms with van der Waals surface area (Å²) in [5, 5.41) is 0. The molecule has 0 radical (unpaired) electrons. The summed E-state index contributed by atoms with van der Waals surface area (Å²) in [5.74, 6) is 0.532. The molecule has 0 amide bonds. The molecule has 0 atom stereocenters. The zero-order chi connectivity index (χ0) is 19.0. The van der Waals surface area contributed by atoms with Gasteiger partial charge in [0.1, 0.15) is 5.82 Å². The third kappa shape index (κ3) is 4.52. The summed E-state index contributed by atoms with van der Waals surface area (Å²) < 4.78 is 66.3. The van der Waals surface area contributed by atoms with Crippen LogP contribution in [0.3, 0.4) is 0 Å². The highest BCUT2D eigenvalue weighted by Gasteiger charge is 2.30. The van der Waals surface area contributed by atoms with Crippen LogP contribution in [0.1, 0.15) is 33.5 Å². The number of nitrogens with zero attached hydrogens (tertiary/aromatic N) is 2. The quantitative estimate of drug-likeness (QED) is 0.797. The van der Waals surface area contributed by atoms with E-state index in [1.54, 1.807) is 17.6 Å². The molecule has 9 heteroatoms. The first-order chi connectivity index (χ1) is 11.3. The van der Waals surface area contributed by atoms with Crippen LogP contribution < -0.4 is 0 Å². The van der Waals surface area contributed by atoms with E-state index in [4.69, 9.17) is 0 Å². The molecule has 1 aromatic heterocycles. The maximum atomic E-state index is 12.2. The van der Waals surface area contributed by atoms with Crippen molar-refractivity contribution in [2.24, 2.45) is 0 Å². The predicted molar refractivity (Wildman–Crippen MR) is 88.2 cm³/mol. The summed E-state index contributed by atoms with van der Waals surface area (Å²) in [6, 6.07) is 4.49. The van der Waals surface area contributed by atoms with Crippen molar-refractivity contribution >= 4 is 20.9 Å². The molecule has 2 rings (SSSR count). The lowest BCUT2D eigenvalue weighted by atomic mass is 9.95.